The second-order valence-electron chi connectivity index (χ2n) is 7.06. The molecule has 2 aromatic carbocycles. The van der Waals surface area contributed by atoms with Gasteiger partial charge in [0.25, 0.3) is 0 Å². The van der Waals surface area contributed by atoms with Crippen molar-refractivity contribution >= 4 is 17.3 Å². The van der Waals surface area contributed by atoms with Crippen LogP contribution in [0, 0.1) is 5.82 Å². The maximum Gasteiger partial charge on any atom is 0.238 e. The number of hydrogen-bond donors (Lipinski definition) is 1. The van der Waals surface area contributed by atoms with Gasteiger partial charge in [-0.1, -0.05) is 37.6 Å². The van der Waals surface area contributed by atoms with Gasteiger partial charge in [-0.2, -0.15) is 0 Å². The third-order valence-corrected chi connectivity index (χ3v) is 4.99. The summed E-state index contributed by atoms with van der Waals surface area (Å²) in [4.78, 5) is 16.5. The van der Waals surface area contributed by atoms with E-state index in [2.05, 4.69) is 29.3 Å². The molecule has 0 unspecified atom stereocenters. The predicted molar refractivity (Wildman–Crippen MR) is 109 cm³/mol. The van der Waals surface area contributed by atoms with Gasteiger partial charge in [0.2, 0.25) is 5.91 Å². The minimum atomic E-state index is -0.189. The van der Waals surface area contributed by atoms with E-state index in [1.807, 2.05) is 29.2 Å². The van der Waals surface area contributed by atoms with E-state index in [0.717, 1.165) is 38.3 Å². The highest BCUT2D eigenvalue weighted by Gasteiger charge is 2.20. The summed E-state index contributed by atoms with van der Waals surface area (Å²) >= 11 is 0. The van der Waals surface area contributed by atoms with Crippen LogP contribution in [-0.2, 0) is 11.2 Å². The van der Waals surface area contributed by atoms with Crippen molar-refractivity contribution < 1.29 is 9.18 Å². The van der Waals surface area contributed by atoms with Gasteiger partial charge in [-0.05, 0) is 42.7 Å². The van der Waals surface area contributed by atoms with E-state index in [0.29, 0.717) is 12.2 Å². The standard InChI is InChI=1S/C22H28FN3O/c1-2-3-6-18-9-11-19(12-10-18)24-22(27)17-25-13-15-26(16-14-25)21-8-5-4-7-20(21)23/h4-5,7-12H,2-3,6,13-17H2,1H3,(H,24,27). The number of benzene rings is 2. The molecule has 1 fully saturated rings. The molecular weight excluding hydrogens is 341 g/mol. The Kier molecular flexibility index (Phi) is 6.82. The van der Waals surface area contributed by atoms with Crippen LogP contribution in [0.5, 0.6) is 0 Å². The van der Waals surface area contributed by atoms with Crippen molar-refractivity contribution in [3.63, 3.8) is 0 Å². The molecule has 4 nitrogen and oxygen atoms in total. The number of nitrogens with one attached hydrogen (secondary N) is 1. The number of nitrogens with zero attached hydrogens (tertiary/aromatic N) is 2. The molecule has 0 bridgehead atoms. The van der Waals surface area contributed by atoms with E-state index >= 15 is 0 Å². The molecule has 1 N–H and O–H groups in total. The predicted octanol–water partition coefficient (Wildman–Crippen LogP) is 3.93. The van der Waals surface area contributed by atoms with Gasteiger partial charge in [0.1, 0.15) is 5.82 Å². The highest BCUT2D eigenvalue weighted by atomic mass is 19.1. The van der Waals surface area contributed by atoms with E-state index in [4.69, 9.17) is 0 Å². The lowest BCUT2D eigenvalue weighted by atomic mass is 10.1. The van der Waals surface area contributed by atoms with Crippen LogP contribution in [0.3, 0.4) is 0 Å². The normalized spacial score (nSPS) is 15.0. The number of rotatable bonds is 7. The van der Waals surface area contributed by atoms with Gasteiger partial charge in [-0.3, -0.25) is 9.69 Å². The van der Waals surface area contributed by atoms with Crippen molar-refractivity contribution in [2.24, 2.45) is 0 Å². The molecule has 0 saturated carbocycles. The van der Waals surface area contributed by atoms with Gasteiger partial charge < -0.3 is 10.2 Å². The number of amides is 1. The van der Waals surface area contributed by atoms with Crippen LogP contribution in [0.25, 0.3) is 0 Å². The zero-order chi connectivity index (χ0) is 19.1. The summed E-state index contributed by atoms with van der Waals surface area (Å²) in [5, 5.41) is 2.97. The van der Waals surface area contributed by atoms with Crippen LogP contribution in [0.1, 0.15) is 25.3 Å². The third kappa shape index (κ3) is 5.54. The molecule has 0 atom stereocenters. The molecule has 1 aliphatic rings. The van der Waals surface area contributed by atoms with Crippen molar-refractivity contribution in [2.45, 2.75) is 26.2 Å². The van der Waals surface area contributed by atoms with Crippen molar-refractivity contribution in [1.82, 2.24) is 4.90 Å². The number of halogens is 1. The number of unbranched alkanes of at least 4 members (excludes halogenated alkanes) is 1. The Balaban J connectivity index is 1.45. The Hall–Kier alpha value is -2.40. The van der Waals surface area contributed by atoms with Crippen molar-refractivity contribution in [1.29, 1.82) is 0 Å². The lowest BCUT2D eigenvalue weighted by Gasteiger charge is -2.35. The fraction of sp³-hybridized carbons (Fsp3) is 0.409. The molecule has 1 amide bonds. The van der Waals surface area contributed by atoms with E-state index in [9.17, 15) is 9.18 Å². The monoisotopic (exact) mass is 369 g/mol. The summed E-state index contributed by atoms with van der Waals surface area (Å²) in [6.45, 7) is 5.49. The molecule has 0 radical (unpaired) electrons. The third-order valence-electron chi connectivity index (χ3n) is 4.99. The molecule has 1 heterocycles. The van der Waals surface area contributed by atoms with Gasteiger partial charge in [-0.25, -0.2) is 4.39 Å². The second kappa shape index (κ2) is 9.51. The molecule has 3 rings (SSSR count). The first kappa shape index (κ1) is 19.4. The van der Waals surface area contributed by atoms with E-state index in [1.54, 1.807) is 6.07 Å². The Labute approximate surface area is 161 Å². The molecule has 27 heavy (non-hydrogen) atoms. The van der Waals surface area contributed by atoms with Crippen LogP contribution >= 0.6 is 0 Å². The number of piperazine rings is 1. The molecule has 144 valence electrons. The summed E-state index contributed by atoms with van der Waals surface area (Å²) in [6, 6.07) is 15.0. The molecule has 0 spiro atoms. The molecule has 1 aliphatic heterocycles. The number of carbonyl (C=O) groups excluding carboxylic acids is 1. The molecule has 0 aliphatic carbocycles. The minimum Gasteiger partial charge on any atom is -0.367 e. The molecule has 0 aromatic heterocycles. The van der Waals surface area contributed by atoms with Crippen LogP contribution < -0.4 is 10.2 Å². The smallest absolute Gasteiger partial charge is 0.238 e. The zero-order valence-corrected chi connectivity index (χ0v) is 16.0. The maximum atomic E-state index is 13.9. The van der Waals surface area contributed by atoms with Crippen LogP contribution in [0.2, 0.25) is 0 Å². The summed E-state index contributed by atoms with van der Waals surface area (Å²) < 4.78 is 13.9. The number of hydrogen-bond acceptors (Lipinski definition) is 3. The topological polar surface area (TPSA) is 35.6 Å². The van der Waals surface area contributed by atoms with Crippen molar-refractivity contribution in [2.75, 3.05) is 42.9 Å². The summed E-state index contributed by atoms with van der Waals surface area (Å²) in [5.41, 5.74) is 2.79. The second-order valence-corrected chi connectivity index (χ2v) is 7.06. The Morgan fingerprint density at radius 3 is 2.41 bits per heavy atom. The average molecular weight is 369 g/mol. The maximum absolute atomic E-state index is 13.9. The van der Waals surface area contributed by atoms with Crippen LogP contribution in [0.15, 0.2) is 48.5 Å². The van der Waals surface area contributed by atoms with E-state index in [1.165, 1.54) is 24.5 Å². The van der Waals surface area contributed by atoms with Crippen LogP contribution in [0.4, 0.5) is 15.8 Å². The van der Waals surface area contributed by atoms with Gasteiger partial charge in [-0.15, -0.1) is 0 Å². The van der Waals surface area contributed by atoms with E-state index in [-0.39, 0.29) is 11.7 Å². The summed E-state index contributed by atoms with van der Waals surface area (Å²) in [5.74, 6) is -0.193. The Morgan fingerprint density at radius 1 is 1.04 bits per heavy atom. The fourth-order valence-electron chi connectivity index (χ4n) is 3.39. The first-order chi connectivity index (χ1) is 13.2. The lowest BCUT2D eigenvalue weighted by molar-refractivity contribution is -0.117. The number of aryl methyl sites for hydroxylation is 1. The average Bonchev–Trinajstić information content (AvgIpc) is 2.68. The first-order valence-corrected chi connectivity index (χ1v) is 9.76. The molecule has 2 aromatic rings. The van der Waals surface area contributed by atoms with Gasteiger partial charge in [0.05, 0.1) is 12.2 Å². The highest BCUT2D eigenvalue weighted by molar-refractivity contribution is 5.92. The van der Waals surface area contributed by atoms with Gasteiger partial charge >= 0.3 is 0 Å². The minimum absolute atomic E-state index is 0.00403. The summed E-state index contributed by atoms with van der Waals surface area (Å²) in [7, 11) is 0. The van der Waals surface area contributed by atoms with Gasteiger partial charge in [0.15, 0.2) is 0 Å². The van der Waals surface area contributed by atoms with E-state index < -0.39 is 0 Å². The SMILES string of the molecule is CCCCc1ccc(NC(=O)CN2CCN(c3ccccc3F)CC2)cc1. The quantitative estimate of drug-likeness (QED) is 0.803. The highest BCUT2D eigenvalue weighted by Crippen LogP contribution is 2.20. The zero-order valence-electron chi connectivity index (χ0n) is 16.0. The van der Waals surface area contributed by atoms with Gasteiger partial charge in [0, 0.05) is 31.9 Å². The molecule has 5 heteroatoms. The molecule has 1 saturated heterocycles. The van der Waals surface area contributed by atoms with Crippen LogP contribution in [-0.4, -0.2) is 43.5 Å². The number of anilines is 2. The summed E-state index contributed by atoms with van der Waals surface area (Å²) in [6.07, 6.45) is 3.45. The number of carbonyl (C=O) groups is 1. The Bertz CT molecular complexity index is 739. The lowest BCUT2D eigenvalue weighted by Crippen LogP contribution is -2.48. The molecular formula is C22H28FN3O. The largest absolute Gasteiger partial charge is 0.367 e. The number of para-hydroxylation sites is 1. The fourth-order valence-corrected chi connectivity index (χ4v) is 3.39. The Morgan fingerprint density at radius 2 is 1.74 bits per heavy atom. The van der Waals surface area contributed by atoms with Crippen molar-refractivity contribution in [3.05, 3.63) is 59.9 Å². The first-order valence-electron chi connectivity index (χ1n) is 9.76. The van der Waals surface area contributed by atoms with Crippen molar-refractivity contribution in [3.8, 4) is 0 Å².